The Hall–Kier alpha value is -2.50. The molecule has 1 aliphatic heterocycles. The normalized spacial score (nSPS) is 14.0. The number of rotatable bonds is 2. The smallest absolute Gasteiger partial charge is 0.264 e. The molecule has 1 aliphatic rings. The molecule has 1 N–H and O–H groups in total. The number of aromatic nitrogens is 1. The van der Waals surface area contributed by atoms with Gasteiger partial charge in [0.2, 0.25) is 0 Å². The van der Waals surface area contributed by atoms with Gasteiger partial charge in [0, 0.05) is 17.5 Å². The Labute approximate surface area is 140 Å². The van der Waals surface area contributed by atoms with Crippen molar-refractivity contribution >= 4 is 16.8 Å². The molecule has 0 bridgehead atoms. The highest BCUT2D eigenvalue weighted by atomic mass is 16.5. The molecule has 24 heavy (non-hydrogen) atoms. The topological polar surface area (TPSA) is 69.6 Å². The quantitative estimate of drug-likeness (QED) is 0.917. The van der Waals surface area contributed by atoms with Gasteiger partial charge in [-0.1, -0.05) is 0 Å². The number of carbonyl (C=O) groups is 1. The Morgan fingerprint density at radius 3 is 2.75 bits per heavy atom. The highest BCUT2D eigenvalue weighted by molar-refractivity contribution is 5.99. The standard InChI is InChI=1S/C18H22N2O4/c1-18(2,3)19-16(21)12-10-11-6-7-13(23-4)15-14(11)20(17(12)22)8-5-9-24-15/h6-7,10H,5,8-9H2,1-4H3,(H,19,21). The van der Waals surface area contributed by atoms with E-state index in [1.54, 1.807) is 23.8 Å². The number of hydrogen-bond donors (Lipinski definition) is 1. The second kappa shape index (κ2) is 5.85. The summed E-state index contributed by atoms with van der Waals surface area (Å²) in [6.07, 6.45) is 0.692. The van der Waals surface area contributed by atoms with Crippen LogP contribution in [-0.2, 0) is 6.54 Å². The molecule has 2 aromatic rings. The van der Waals surface area contributed by atoms with Gasteiger partial charge in [-0.05, 0) is 45.4 Å². The van der Waals surface area contributed by atoms with E-state index in [2.05, 4.69) is 5.32 Å². The van der Waals surface area contributed by atoms with Gasteiger partial charge in [0.15, 0.2) is 11.5 Å². The maximum atomic E-state index is 12.9. The lowest BCUT2D eigenvalue weighted by Crippen LogP contribution is -2.43. The molecule has 3 rings (SSSR count). The number of benzene rings is 1. The number of nitrogens with zero attached hydrogens (tertiary/aromatic N) is 1. The molecule has 0 radical (unpaired) electrons. The Morgan fingerprint density at radius 2 is 2.08 bits per heavy atom. The average Bonchev–Trinajstić information content (AvgIpc) is 2.73. The highest BCUT2D eigenvalue weighted by Gasteiger charge is 2.24. The Kier molecular flexibility index (Phi) is 3.99. The molecular formula is C18H22N2O4. The number of methoxy groups -OCH3 is 1. The van der Waals surface area contributed by atoms with Crippen LogP contribution in [-0.4, -0.2) is 29.7 Å². The maximum Gasteiger partial charge on any atom is 0.264 e. The average molecular weight is 330 g/mol. The molecule has 0 unspecified atom stereocenters. The van der Waals surface area contributed by atoms with E-state index in [9.17, 15) is 9.59 Å². The van der Waals surface area contributed by atoms with Crippen molar-refractivity contribution in [1.29, 1.82) is 0 Å². The zero-order valence-corrected chi connectivity index (χ0v) is 14.4. The lowest BCUT2D eigenvalue weighted by atomic mass is 10.1. The minimum Gasteiger partial charge on any atom is -0.493 e. The van der Waals surface area contributed by atoms with Crippen LogP contribution in [0.5, 0.6) is 11.5 Å². The van der Waals surface area contributed by atoms with Crippen molar-refractivity contribution in [2.24, 2.45) is 0 Å². The first-order chi connectivity index (χ1) is 11.3. The summed E-state index contributed by atoms with van der Waals surface area (Å²) in [7, 11) is 1.57. The number of nitrogens with one attached hydrogen (secondary N) is 1. The van der Waals surface area contributed by atoms with Crippen molar-refractivity contribution in [3.8, 4) is 11.5 Å². The van der Waals surface area contributed by atoms with Crippen LogP contribution in [0.3, 0.4) is 0 Å². The van der Waals surface area contributed by atoms with Gasteiger partial charge in [0.25, 0.3) is 11.5 Å². The van der Waals surface area contributed by atoms with Crippen LogP contribution < -0.4 is 20.3 Å². The lowest BCUT2D eigenvalue weighted by Gasteiger charge is -2.21. The summed E-state index contributed by atoms with van der Waals surface area (Å²) in [6, 6.07) is 5.27. The Morgan fingerprint density at radius 1 is 1.33 bits per heavy atom. The van der Waals surface area contributed by atoms with Crippen LogP contribution in [0.15, 0.2) is 23.0 Å². The first-order valence-electron chi connectivity index (χ1n) is 8.01. The number of ether oxygens (including phenoxy) is 2. The summed E-state index contributed by atoms with van der Waals surface area (Å²) in [6.45, 7) is 6.66. The van der Waals surface area contributed by atoms with Gasteiger partial charge in [-0.25, -0.2) is 0 Å². The van der Waals surface area contributed by atoms with Crippen LogP contribution >= 0.6 is 0 Å². The molecule has 0 spiro atoms. The molecule has 1 amide bonds. The van der Waals surface area contributed by atoms with Crippen molar-refractivity contribution in [1.82, 2.24) is 9.88 Å². The zero-order valence-electron chi connectivity index (χ0n) is 14.4. The lowest BCUT2D eigenvalue weighted by molar-refractivity contribution is 0.0917. The van der Waals surface area contributed by atoms with Crippen molar-refractivity contribution in [3.05, 3.63) is 34.1 Å². The first-order valence-corrected chi connectivity index (χ1v) is 8.01. The summed E-state index contributed by atoms with van der Waals surface area (Å²) in [5, 5.41) is 3.64. The molecule has 0 aliphatic carbocycles. The van der Waals surface area contributed by atoms with Gasteiger partial charge in [-0.2, -0.15) is 0 Å². The molecule has 0 saturated heterocycles. The van der Waals surface area contributed by atoms with Crippen LogP contribution in [0, 0.1) is 0 Å². The number of carbonyl (C=O) groups excluding carboxylic acids is 1. The summed E-state index contributed by atoms with van der Waals surface area (Å²) < 4.78 is 12.8. The number of aryl methyl sites for hydroxylation is 1. The molecule has 6 nitrogen and oxygen atoms in total. The highest BCUT2D eigenvalue weighted by Crippen LogP contribution is 2.36. The van der Waals surface area contributed by atoms with E-state index >= 15 is 0 Å². The van der Waals surface area contributed by atoms with E-state index in [-0.39, 0.29) is 17.0 Å². The van der Waals surface area contributed by atoms with E-state index < -0.39 is 5.54 Å². The fourth-order valence-corrected chi connectivity index (χ4v) is 2.91. The molecule has 128 valence electrons. The van der Waals surface area contributed by atoms with Crippen molar-refractivity contribution in [2.45, 2.75) is 39.3 Å². The van der Waals surface area contributed by atoms with Gasteiger partial charge in [0.1, 0.15) is 5.56 Å². The van der Waals surface area contributed by atoms with Crippen molar-refractivity contribution < 1.29 is 14.3 Å². The van der Waals surface area contributed by atoms with Crippen LogP contribution in [0.1, 0.15) is 37.6 Å². The van der Waals surface area contributed by atoms with Crippen LogP contribution in [0.25, 0.3) is 10.9 Å². The molecule has 0 saturated carbocycles. The van der Waals surface area contributed by atoms with Gasteiger partial charge in [-0.15, -0.1) is 0 Å². The minimum absolute atomic E-state index is 0.149. The molecule has 1 aromatic heterocycles. The molecule has 0 fully saturated rings. The van der Waals surface area contributed by atoms with Gasteiger partial charge >= 0.3 is 0 Å². The minimum atomic E-state index is -0.411. The van der Waals surface area contributed by atoms with Crippen LogP contribution in [0.2, 0.25) is 0 Å². The molecule has 2 heterocycles. The van der Waals surface area contributed by atoms with Crippen molar-refractivity contribution in [3.63, 3.8) is 0 Å². The monoisotopic (exact) mass is 330 g/mol. The molecule has 0 atom stereocenters. The third-order valence-electron chi connectivity index (χ3n) is 3.90. The third kappa shape index (κ3) is 2.84. The molecular weight excluding hydrogens is 308 g/mol. The van der Waals surface area contributed by atoms with Gasteiger partial charge in [-0.3, -0.25) is 9.59 Å². The summed E-state index contributed by atoms with van der Waals surface area (Å²) in [5.74, 6) is 0.789. The predicted molar refractivity (Wildman–Crippen MR) is 92.1 cm³/mol. The number of hydrogen-bond acceptors (Lipinski definition) is 4. The third-order valence-corrected chi connectivity index (χ3v) is 3.90. The Bertz CT molecular complexity index is 862. The maximum absolute atomic E-state index is 12.9. The predicted octanol–water partition coefficient (Wildman–Crippen LogP) is 2.32. The SMILES string of the molecule is COc1ccc2cc(C(=O)NC(C)(C)C)c(=O)n3c2c1OCCC3. The molecule has 6 heteroatoms. The van der Waals surface area contributed by atoms with Crippen molar-refractivity contribution in [2.75, 3.05) is 13.7 Å². The number of amides is 1. The van der Waals surface area contributed by atoms with E-state index in [0.717, 1.165) is 5.39 Å². The molecule has 1 aromatic carbocycles. The number of pyridine rings is 1. The largest absolute Gasteiger partial charge is 0.493 e. The van der Waals surface area contributed by atoms with E-state index in [4.69, 9.17) is 9.47 Å². The summed E-state index contributed by atoms with van der Waals surface area (Å²) >= 11 is 0. The van der Waals surface area contributed by atoms with E-state index in [1.165, 1.54) is 0 Å². The second-order valence-corrected chi connectivity index (χ2v) is 6.96. The van der Waals surface area contributed by atoms with Crippen LogP contribution in [0.4, 0.5) is 0 Å². The second-order valence-electron chi connectivity index (χ2n) is 6.96. The fourth-order valence-electron chi connectivity index (χ4n) is 2.91. The zero-order chi connectivity index (χ0) is 17.5. The first kappa shape index (κ1) is 16.4. The van der Waals surface area contributed by atoms with Gasteiger partial charge < -0.3 is 19.4 Å². The van der Waals surface area contributed by atoms with E-state index in [1.807, 2.05) is 26.8 Å². The van der Waals surface area contributed by atoms with E-state index in [0.29, 0.717) is 36.6 Å². The fraction of sp³-hybridized carbons (Fsp3) is 0.444. The summed E-state index contributed by atoms with van der Waals surface area (Å²) in [5.41, 5.74) is 0.120. The summed E-state index contributed by atoms with van der Waals surface area (Å²) in [4.78, 5) is 25.4. The van der Waals surface area contributed by atoms with Gasteiger partial charge in [0.05, 0.1) is 19.2 Å². The Balaban J connectivity index is 2.25.